The molecule has 0 unspecified atom stereocenters. The number of sulfonamides is 1. The average molecular weight is 268 g/mol. The van der Waals surface area contributed by atoms with Crippen LogP contribution in [0.5, 0.6) is 0 Å². The van der Waals surface area contributed by atoms with Gasteiger partial charge >= 0.3 is 0 Å². The highest BCUT2D eigenvalue weighted by molar-refractivity contribution is 7.89. The zero-order chi connectivity index (χ0) is 13.2. The molecule has 1 aliphatic carbocycles. The Morgan fingerprint density at radius 3 is 2.50 bits per heavy atom. The smallest absolute Gasteiger partial charge is 0.240 e. The monoisotopic (exact) mass is 268 g/mol. The second kappa shape index (κ2) is 5.28. The second-order valence-electron chi connectivity index (χ2n) is 4.97. The van der Waals surface area contributed by atoms with Crippen molar-refractivity contribution in [1.29, 1.82) is 0 Å². The minimum absolute atomic E-state index is 0.0753. The summed E-state index contributed by atoms with van der Waals surface area (Å²) in [6.07, 6.45) is 5.27. The van der Waals surface area contributed by atoms with Crippen molar-refractivity contribution in [3.63, 3.8) is 0 Å². The fraction of sp³-hybridized carbons (Fsp3) is 0.538. The van der Waals surface area contributed by atoms with E-state index in [0.29, 0.717) is 5.69 Å². The van der Waals surface area contributed by atoms with Crippen LogP contribution < -0.4 is 10.5 Å². The van der Waals surface area contributed by atoms with Crippen LogP contribution in [0.1, 0.15) is 37.7 Å². The van der Waals surface area contributed by atoms with E-state index in [2.05, 4.69) is 4.72 Å². The lowest BCUT2D eigenvalue weighted by Gasteiger charge is -2.22. The summed E-state index contributed by atoms with van der Waals surface area (Å²) in [5.74, 6) is 0. The van der Waals surface area contributed by atoms with Crippen molar-refractivity contribution in [2.24, 2.45) is 0 Å². The number of nitrogens with one attached hydrogen (secondary N) is 1. The van der Waals surface area contributed by atoms with E-state index in [1.807, 2.05) is 6.92 Å². The predicted molar refractivity (Wildman–Crippen MR) is 72.8 cm³/mol. The van der Waals surface area contributed by atoms with Gasteiger partial charge in [0.15, 0.2) is 0 Å². The van der Waals surface area contributed by atoms with Crippen molar-refractivity contribution in [2.45, 2.75) is 50.0 Å². The van der Waals surface area contributed by atoms with Crippen molar-refractivity contribution in [3.8, 4) is 0 Å². The zero-order valence-corrected chi connectivity index (χ0v) is 11.5. The summed E-state index contributed by atoms with van der Waals surface area (Å²) >= 11 is 0. The summed E-state index contributed by atoms with van der Waals surface area (Å²) in [6, 6.07) is 4.95. The van der Waals surface area contributed by atoms with E-state index in [1.165, 1.54) is 12.5 Å². The number of nitrogen functional groups attached to an aromatic ring is 1. The Bertz CT molecular complexity index is 520. The molecule has 0 atom stereocenters. The molecule has 3 N–H and O–H groups in total. The molecule has 1 aromatic rings. The second-order valence-corrected chi connectivity index (χ2v) is 6.69. The van der Waals surface area contributed by atoms with Gasteiger partial charge in [-0.05, 0) is 37.5 Å². The van der Waals surface area contributed by atoms with Gasteiger partial charge in [0.2, 0.25) is 10.0 Å². The summed E-state index contributed by atoms with van der Waals surface area (Å²) < 4.78 is 27.2. The third-order valence-electron chi connectivity index (χ3n) is 3.49. The van der Waals surface area contributed by atoms with Crippen LogP contribution in [0.15, 0.2) is 23.1 Å². The molecular formula is C13H20N2O2S. The average Bonchev–Trinajstić information content (AvgIpc) is 2.33. The van der Waals surface area contributed by atoms with Gasteiger partial charge in [-0.15, -0.1) is 0 Å². The highest BCUT2D eigenvalue weighted by Crippen LogP contribution is 2.21. The Balaban J connectivity index is 2.16. The van der Waals surface area contributed by atoms with Gasteiger partial charge in [-0.2, -0.15) is 0 Å². The van der Waals surface area contributed by atoms with Crippen molar-refractivity contribution in [1.82, 2.24) is 4.72 Å². The lowest BCUT2D eigenvalue weighted by Crippen LogP contribution is -2.36. The Morgan fingerprint density at radius 1 is 1.22 bits per heavy atom. The van der Waals surface area contributed by atoms with Gasteiger partial charge in [0, 0.05) is 11.7 Å². The fourth-order valence-electron chi connectivity index (χ4n) is 2.29. The largest absolute Gasteiger partial charge is 0.398 e. The summed E-state index contributed by atoms with van der Waals surface area (Å²) in [6.45, 7) is 1.86. The third-order valence-corrected chi connectivity index (χ3v) is 5.01. The molecular weight excluding hydrogens is 248 g/mol. The molecule has 0 heterocycles. The first-order chi connectivity index (χ1) is 8.49. The van der Waals surface area contributed by atoms with Gasteiger partial charge in [0.05, 0.1) is 4.90 Å². The molecule has 0 radical (unpaired) electrons. The molecule has 1 aliphatic rings. The molecule has 0 bridgehead atoms. The molecule has 1 saturated carbocycles. The molecule has 18 heavy (non-hydrogen) atoms. The molecule has 0 saturated heterocycles. The van der Waals surface area contributed by atoms with E-state index >= 15 is 0 Å². The van der Waals surface area contributed by atoms with Crippen molar-refractivity contribution < 1.29 is 8.42 Å². The molecule has 0 aromatic heterocycles. The molecule has 0 aliphatic heterocycles. The fourth-order valence-corrected chi connectivity index (χ4v) is 3.63. The van der Waals surface area contributed by atoms with Gasteiger partial charge in [0.25, 0.3) is 0 Å². The third kappa shape index (κ3) is 3.03. The Morgan fingerprint density at radius 2 is 1.89 bits per heavy atom. The highest BCUT2D eigenvalue weighted by atomic mass is 32.2. The van der Waals surface area contributed by atoms with Crippen LogP contribution in [0.3, 0.4) is 0 Å². The van der Waals surface area contributed by atoms with Crippen LogP contribution in [0, 0.1) is 6.92 Å². The molecule has 0 amide bonds. The van der Waals surface area contributed by atoms with Crippen LogP contribution in [0.4, 0.5) is 5.69 Å². The zero-order valence-electron chi connectivity index (χ0n) is 10.6. The number of aryl methyl sites for hydroxylation is 1. The van der Waals surface area contributed by atoms with Crippen molar-refractivity contribution in [3.05, 3.63) is 23.8 Å². The summed E-state index contributed by atoms with van der Waals surface area (Å²) in [5, 5.41) is 0. The molecule has 4 nitrogen and oxygen atoms in total. The minimum Gasteiger partial charge on any atom is -0.398 e. The molecule has 0 spiro atoms. The number of anilines is 1. The number of benzene rings is 1. The lowest BCUT2D eigenvalue weighted by molar-refractivity contribution is 0.412. The maximum atomic E-state index is 12.2. The van der Waals surface area contributed by atoms with Crippen molar-refractivity contribution >= 4 is 15.7 Å². The normalized spacial score (nSPS) is 17.8. The van der Waals surface area contributed by atoms with Gasteiger partial charge in [-0.25, -0.2) is 13.1 Å². The standard InChI is InChI=1S/C13H20N2O2S/c1-10-7-8-12(9-13(10)14)18(16,17)15-11-5-3-2-4-6-11/h7-9,11,15H,2-6,14H2,1H3. The van der Waals surface area contributed by atoms with Gasteiger partial charge in [-0.1, -0.05) is 25.3 Å². The van der Waals surface area contributed by atoms with Crippen LogP contribution in [0.2, 0.25) is 0 Å². The van der Waals surface area contributed by atoms with Gasteiger partial charge in [-0.3, -0.25) is 0 Å². The van der Waals surface area contributed by atoms with Crippen LogP contribution in [-0.2, 0) is 10.0 Å². The molecule has 5 heteroatoms. The number of rotatable bonds is 3. The Kier molecular flexibility index (Phi) is 3.92. The van der Waals surface area contributed by atoms with E-state index < -0.39 is 10.0 Å². The topological polar surface area (TPSA) is 72.2 Å². The Hall–Kier alpha value is -1.07. The summed E-state index contributed by atoms with van der Waals surface area (Å²) in [4.78, 5) is 0.260. The van der Waals surface area contributed by atoms with Crippen LogP contribution in [-0.4, -0.2) is 14.5 Å². The molecule has 1 aromatic carbocycles. The van der Waals surface area contributed by atoms with E-state index in [4.69, 9.17) is 5.73 Å². The van der Waals surface area contributed by atoms with Crippen LogP contribution in [0.25, 0.3) is 0 Å². The van der Waals surface area contributed by atoms with Gasteiger partial charge in [0.1, 0.15) is 0 Å². The first kappa shape index (κ1) is 13.4. The number of hydrogen-bond donors (Lipinski definition) is 2. The Labute approximate surface area is 109 Å². The first-order valence-electron chi connectivity index (χ1n) is 6.37. The van der Waals surface area contributed by atoms with Crippen molar-refractivity contribution in [2.75, 3.05) is 5.73 Å². The molecule has 1 fully saturated rings. The van der Waals surface area contributed by atoms with E-state index in [1.54, 1.807) is 12.1 Å². The maximum absolute atomic E-state index is 12.2. The quantitative estimate of drug-likeness (QED) is 0.825. The minimum atomic E-state index is -3.43. The highest BCUT2D eigenvalue weighted by Gasteiger charge is 2.21. The SMILES string of the molecule is Cc1ccc(S(=O)(=O)NC2CCCCC2)cc1N. The summed E-state index contributed by atoms with van der Waals surface area (Å²) in [7, 11) is -3.43. The molecule has 100 valence electrons. The van der Waals surface area contributed by atoms with E-state index in [9.17, 15) is 8.42 Å². The number of nitrogens with two attached hydrogens (primary N) is 1. The summed E-state index contributed by atoms with van der Waals surface area (Å²) in [5.41, 5.74) is 7.17. The number of hydrogen-bond acceptors (Lipinski definition) is 3. The predicted octanol–water partition coefficient (Wildman–Crippen LogP) is 2.19. The van der Waals surface area contributed by atoms with E-state index in [0.717, 1.165) is 31.2 Å². The maximum Gasteiger partial charge on any atom is 0.240 e. The first-order valence-corrected chi connectivity index (χ1v) is 7.86. The molecule has 2 rings (SSSR count). The van der Waals surface area contributed by atoms with Crippen LogP contribution >= 0.6 is 0 Å². The van der Waals surface area contributed by atoms with Gasteiger partial charge < -0.3 is 5.73 Å². The lowest BCUT2D eigenvalue weighted by atomic mass is 9.96. The van der Waals surface area contributed by atoms with E-state index in [-0.39, 0.29) is 10.9 Å².